The van der Waals surface area contributed by atoms with Crippen LogP contribution in [-0.4, -0.2) is 24.8 Å². The van der Waals surface area contributed by atoms with E-state index in [1.54, 1.807) is 11.8 Å². The Hall–Kier alpha value is -1.94. The molecule has 0 radical (unpaired) electrons. The summed E-state index contributed by atoms with van der Waals surface area (Å²) in [6.45, 7) is 5.14. The van der Waals surface area contributed by atoms with Gasteiger partial charge in [0.05, 0.1) is 12.3 Å². The molecule has 2 aromatic carbocycles. The van der Waals surface area contributed by atoms with Crippen LogP contribution in [0.3, 0.4) is 0 Å². The largest absolute Gasteiger partial charge is 0.492 e. The van der Waals surface area contributed by atoms with Crippen LogP contribution >= 0.6 is 11.8 Å². The molecule has 2 rings (SSSR count). The van der Waals surface area contributed by atoms with Crippen molar-refractivity contribution in [2.75, 3.05) is 18.9 Å². The number of hydrogen-bond donors (Lipinski definition) is 1. The molecule has 0 spiro atoms. The zero-order valence-corrected chi connectivity index (χ0v) is 14.5. The average molecular weight is 329 g/mol. The molecule has 23 heavy (non-hydrogen) atoms. The van der Waals surface area contributed by atoms with E-state index in [0.29, 0.717) is 18.9 Å². The van der Waals surface area contributed by atoms with E-state index in [9.17, 15) is 4.79 Å². The van der Waals surface area contributed by atoms with Crippen molar-refractivity contribution in [3.8, 4) is 5.75 Å². The van der Waals surface area contributed by atoms with E-state index in [-0.39, 0.29) is 5.91 Å². The van der Waals surface area contributed by atoms with E-state index in [2.05, 4.69) is 24.4 Å². The topological polar surface area (TPSA) is 38.3 Å². The van der Waals surface area contributed by atoms with Gasteiger partial charge >= 0.3 is 0 Å². The summed E-state index contributed by atoms with van der Waals surface area (Å²) in [5, 5.41) is 2.88. The number of amides is 1. The maximum Gasteiger partial charge on any atom is 0.230 e. The van der Waals surface area contributed by atoms with Gasteiger partial charge in [-0.3, -0.25) is 4.79 Å². The van der Waals surface area contributed by atoms with Crippen molar-refractivity contribution >= 4 is 17.7 Å². The first-order valence-corrected chi connectivity index (χ1v) is 8.89. The monoisotopic (exact) mass is 329 g/mol. The number of ether oxygens (including phenoxy) is 1. The summed E-state index contributed by atoms with van der Waals surface area (Å²) >= 11 is 1.63. The summed E-state index contributed by atoms with van der Waals surface area (Å²) < 4.78 is 5.58. The minimum Gasteiger partial charge on any atom is -0.492 e. The highest BCUT2D eigenvalue weighted by molar-refractivity contribution is 7.99. The molecular formula is C19H23NO2S. The molecule has 1 N–H and O–H groups in total. The highest BCUT2D eigenvalue weighted by Gasteiger charge is 2.03. The number of aryl methyl sites for hydroxylation is 2. The fraction of sp³-hybridized carbons (Fsp3) is 0.316. The van der Waals surface area contributed by atoms with Gasteiger partial charge < -0.3 is 10.1 Å². The Morgan fingerprint density at radius 1 is 1.09 bits per heavy atom. The number of carbonyl (C=O) groups excluding carboxylic acids is 1. The summed E-state index contributed by atoms with van der Waals surface area (Å²) in [5.41, 5.74) is 3.76. The molecule has 0 saturated carbocycles. The van der Waals surface area contributed by atoms with Crippen molar-refractivity contribution < 1.29 is 9.53 Å². The SMILES string of the molecule is Cc1ccc(OCCNC(=O)CSCc2ccccc2C)cc1. The van der Waals surface area contributed by atoms with Gasteiger partial charge in [0, 0.05) is 5.75 Å². The summed E-state index contributed by atoms with van der Waals surface area (Å²) in [5.74, 6) is 2.22. The molecule has 0 aliphatic heterocycles. The molecule has 0 heterocycles. The van der Waals surface area contributed by atoms with Crippen molar-refractivity contribution in [1.82, 2.24) is 5.32 Å². The normalized spacial score (nSPS) is 10.3. The zero-order valence-electron chi connectivity index (χ0n) is 13.7. The Labute approximate surface area is 142 Å². The van der Waals surface area contributed by atoms with Gasteiger partial charge in [-0.2, -0.15) is 0 Å². The third-order valence-corrected chi connectivity index (χ3v) is 4.45. The number of carbonyl (C=O) groups is 1. The van der Waals surface area contributed by atoms with Crippen LogP contribution in [0, 0.1) is 13.8 Å². The van der Waals surface area contributed by atoms with Crippen molar-refractivity contribution in [1.29, 1.82) is 0 Å². The van der Waals surface area contributed by atoms with E-state index < -0.39 is 0 Å². The van der Waals surface area contributed by atoms with Gasteiger partial charge in [0.25, 0.3) is 0 Å². The van der Waals surface area contributed by atoms with Gasteiger partial charge in [-0.05, 0) is 37.1 Å². The lowest BCUT2D eigenvalue weighted by Crippen LogP contribution is -2.29. The van der Waals surface area contributed by atoms with Crippen LogP contribution in [0.25, 0.3) is 0 Å². The third kappa shape index (κ3) is 6.37. The van der Waals surface area contributed by atoms with Crippen LogP contribution in [0.15, 0.2) is 48.5 Å². The molecular weight excluding hydrogens is 306 g/mol. The van der Waals surface area contributed by atoms with Crippen LogP contribution in [0.5, 0.6) is 5.75 Å². The Kier molecular flexibility index (Phi) is 7.01. The fourth-order valence-electron chi connectivity index (χ4n) is 2.07. The lowest BCUT2D eigenvalue weighted by atomic mass is 10.1. The zero-order chi connectivity index (χ0) is 16.5. The quantitative estimate of drug-likeness (QED) is 0.750. The summed E-state index contributed by atoms with van der Waals surface area (Å²) in [4.78, 5) is 11.8. The molecule has 2 aromatic rings. The smallest absolute Gasteiger partial charge is 0.230 e. The maximum atomic E-state index is 11.8. The fourth-order valence-corrected chi connectivity index (χ4v) is 3.00. The van der Waals surface area contributed by atoms with Crippen molar-refractivity contribution in [2.24, 2.45) is 0 Å². The summed E-state index contributed by atoms with van der Waals surface area (Å²) in [7, 11) is 0. The molecule has 1 amide bonds. The number of hydrogen-bond acceptors (Lipinski definition) is 3. The molecule has 4 heteroatoms. The molecule has 0 bridgehead atoms. The average Bonchev–Trinajstić information content (AvgIpc) is 2.55. The second-order valence-corrected chi connectivity index (χ2v) is 6.42. The van der Waals surface area contributed by atoms with Crippen LogP contribution in [0.2, 0.25) is 0 Å². The standard InChI is InChI=1S/C19H23NO2S/c1-15-7-9-18(10-8-15)22-12-11-20-19(21)14-23-13-17-6-4-3-5-16(17)2/h3-10H,11-14H2,1-2H3,(H,20,21). The van der Waals surface area contributed by atoms with Crippen molar-refractivity contribution in [2.45, 2.75) is 19.6 Å². The van der Waals surface area contributed by atoms with Crippen LogP contribution in [0.4, 0.5) is 0 Å². The van der Waals surface area contributed by atoms with Gasteiger partial charge in [-0.1, -0.05) is 42.0 Å². The molecule has 122 valence electrons. The first kappa shape index (κ1) is 17.4. The predicted octanol–water partition coefficient (Wildman–Crippen LogP) is 3.73. The molecule has 0 aromatic heterocycles. The number of benzene rings is 2. The lowest BCUT2D eigenvalue weighted by molar-refractivity contribution is -0.118. The Bertz CT molecular complexity index is 626. The maximum absolute atomic E-state index is 11.8. The van der Waals surface area contributed by atoms with Gasteiger partial charge in [0.1, 0.15) is 12.4 Å². The molecule has 3 nitrogen and oxygen atoms in total. The summed E-state index contributed by atoms with van der Waals surface area (Å²) in [6, 6.07) is 16.2. The van der Waals surface area contributed by atoms with E-state index in [1.807, 2.05) is 43.3 Å². The lowest BCUT2D eigenvalue weighted by Gasteiger charge is -2.08. The van der Waals surface area contributed by atoms with E-state index in [0.717, 1.165) is 11.5 Å². The minimum atomic E-state index is 0.0519. The predicted molar refractivity (Wildman–Crippen MR) is 97.0 cm³/mol. The Balaban J connectivity index is 1.58. The first-order valence-electron chi connectivity index (χ1n) is 7.73. The van der Waals surface area contributed by atoms with Crippen LogP contribution in [0.1, 0.15) is 16.7 Å². The van der Waals surface area contributed by atoms with Crippen LogP contribution in [-0.2, 0) is 10.5 Å². The van der Waals surface area contributed by atoms with Gasteiger partial charge in [0.15, 0.2) is 0 Å². The van der Waals surface area contributed by atoms with Crippen LogP contribution < -0.4 is 10.1 Å². The molecule has 0 saturated heterocycles. The Morgan fingerprint density at radius 2 is 1.83 bits per heavy atom. The number of thioether (sulfide) groups is 1. The molecule has 0 atom stereocenters. The second kappa shape index (κ2) is 9.26. The van der Waals surface area contributed by atoms with E-state index in [4.69, 9.17) is 4.74 Å². The van der Waals surface area contributed by atoms with Crippen molar-refractivity contribution in [3.05, 3.63) is 65.2 Å². The third-order valence-electron chi connectivity index (χ3n) is 3.47. The van der Waals surface area contributed by atoms with Gasteiger partial charge in [0.2, 0.25) is 5.91 Å². The van der Waals surface area contributed by atoms with Gasteiger partial charge in [-0.15, -0.1) is 11.8 Å². The Morgan fingerprint density at radius 3 is 2.57 bits per heavy atom. The first-order chi connectivity index (χ1) is 11.1. The molecule has 0 unspecified atom stereocenters. The highest BCUT2D eigenvalue weighted by atomic mass is 32.2. The van der Waals surface area contributed by atoms with Crippen molar-refractivity contribution in [3.63, 3.8) is 0 Å². The number of nitrogens with one attached hydrogen (secondary N) is 1. The molecule has 0 aliphatic carbocycles. The van der Waals surface area contributed by atoms with E-state index >= 15 is 0 Å². The molecule has 0 aliphatic rings. The minimum absolute atomic E-state index is 0.0519. The van der Waals surface area contributed by atoms with Gasteiger partial charge in [-0.25, -0.2) is 0 Å². The second-order valence-electron chi connectivity index (χ2n) is 5.43. The number of rotatable bonds is 8. The summed E-state index contributed by atoms with van der Waals surface area (Å²) in [6.07, 6.45) is 0. The highest BCUT2D eigenvalue weighted by Crippen LogP contribution is 2.15. The van der Waals surface area contributed by atoms with E-state index in [1.165, 1.54) is 16.7 Å². The molecule has 0 fully saturated rings.